The standard InChI is InChI=1S/C18H25N3/c1-6-19-16-12-15(18(3,4)5)20-17(21-16)11-14-9-7-8-13(2)10-14/h7-10,12H,6,11H2,1-5H3,(H,19,20,21). The summed E-state index contributed by atoms with van der Waals surface area (Å²) in [5.74, 6) is 1.80. The van der Waals surface area contributed by atoms with Crippen molar-refractivity contribution in [3.63, 3.8) is 0 Å². The molecule has 0 saturated heterocycles. The Morgan fingerprint density at radius 2 is 1.86 bits per heavy atom. The first-order valence-electron chi connectivity index (χ1n) is 7.56. The van der Waals surface area contributed by atoms with Crippen molar-refractivity contribution in [1.29, 1.82) is 0 Å². The quantitative estimate of drug-likeness (QED) is 0.917. The minimum absolute atomic E-state index is 0.0223. The number of hydrogen-bond donors (Lipinski definition) is 1. The molecule has 0 fully saturated rings. The normalized spacial score (nSPS) is 11.5. The lowest BCUT2D eigenvalue weighted by Gasteiger charge is -2.19. The van der Waals surface area contributed by atoms with E-state index in [4.69, 9.17) is 4.98 Å². The van der Waals surface area contributed by atoms with Crippen molar-refractivity contribution in [2.45, 2.75) is 46.5 Å². The van der Waals surface area contributed by atoms with Gasteiger partial charge in [0.1, 0.15) is 11.6 Å². The van der Waals surface area contributed by atoms with E-state index in [1.165, 1.54) is 11.1 Å². The van der Waals surface area contributed by atoms with Gasteiger partial charge in [-0.1, -0.05) is 50.6 Å². The van der Waals surface area contributed by atoms with E-state index in [0.29, 0.717) is 0 Å². The SMILES string of the molecule is CCNc1cc(C(C)(C)C)nc(Cc2cccc(C)c2)n1. The van der Waals surface area contributed by atoms with E-state index >= 15 is 0 Å². The molecule has 0 atom stereocenters. The maximum atomic E-state index is 4.76. The summed E-state index contributed by atoms with van der Waals surface area (Å²) >= 11 is 0. The first-order valence-corrected chi connectivity index (χ1v) is 7.56. The number of anilines is 1. The van der Waals surface area contributed by atoms with Crippen molar-refractivity contribution < 1.29 is 0 Å². The Morgan fingerprint density at radius 1 is 1.10 bits per heavy atom. The van der Waals surface area contributed by atoms with Gasteiger partial charge in [-0.2, -0.15) is 0 Å². The summed E-state index contributed by atoms with van der Waals surface area (Å²) in [4.78, 5) is 9.40. The van der Waals surface area contributed by atoms with Crippen LogP contribution in [0.25, 0.3) is 0 Å². The highest BCUT2D eigenvalue weighted by Crippen LogP contribution is 2.23. The third-order valence-electron chi connectivity index (χ3n) is 3.34. The molecular formula is C18H25N3. The molecule has 0 unspecified atom stereocenters. The van der Waals surface area contributed by atoms with Crippen molar-refractivity contribution in [2.24, 2.45) is 0 Å². The monoisotopic (exact) mass is 283 g/mol. The minimum Gasteiger partial charge on any atom is -0.370 e. The van der Waals surface area contributed by atoms with E-state index in [2.05, 4.69) is 75.3 Å². The van der Waals surface area contributed by atoms with Gasteiger partial charge in [0.15, 0.2) is 0 Å². The van der Waals surface area contributed by atoms with Crippen LogP contribution in [0.4, 0.5) is 5.82 Å². The van der Waals surface area contributed by atoms with Gasteiger partial charge < -0.3 is 5.32 Å². The molecule has 2 aromatic rings. The predicted octanol–water partition coefficient (Wildman–Crippen LogP) is 4.11. The van der Waals surface area contributed by atoms with Crippen LogP contribution in [0.2, 0.25) is 0 Å². The van der Waals surface area contributed by atoms with Crippen LogP contribution in [-0.4, -0.2) is 16.5 Å². The highest BCUT2D eigenvalue weighted by atomic mass is 15.0. The molecule has 0 bridgehead atoms. The molecule has 2 rings (SSSR count). The summed E-state index contributed by atoms with van der Waals surface area (Å²) < 4.78 is 0. The number of aryl methyl sites for hydroxylation is 1. The number of benzene rings is 1. The van der Waals surface area contributed by atoms with Gasteiger partial charge >= 0.3 is 0 Å². The summed E-state index contributed by atoms with van der Waals surface area (Å²) in [6.45, 7) is 11.6. The molecule has 1 N–H and O–H groups in total. The molecule has 0 aliphatic carbocycles. The van der Waals surface area contributed by atoms with Gasteiger partial charge in [-0.25, -0.2) is 9.97 Å². The largest absolute Gasteiger partial charge is 0.370 e. The lowest BCUT2D eigenvalue weighted by Crippen LogP contribution is -2.17. The number of rotatable bonds is 4. The van der Waals surface area contributed by atoms with Crippen molar-refractivity contribution in [2.75, 3.05) is 11.9 Å². The Hall–Kier alpha value is -1.90. The molecule has 0 aliphatic rings. The van der Waals surface area contributed by atoms with Crippen LogP contribution >= 0.6 is 0 Å². The van der Waals surface area contributed by atoms with Crippen LogP contribution in [-0.2, 0) is 11.8 Å². The van der Waals surface area contributed by atoms with E-state index in [0.717, 1.165) is 30.3 Å². The van der Waals surface area contributed by atoms with E-state index in [1.54, 1.807) is 0 Å². The number of hydrogen-bond acceptors (Lipinski definition) is 3. The number of nitrogens with one attached hydrogen (secondary N) is 1. The van der Waals surface area contributed by atoms with Crippen LogP contribution < -0.4 is 5.32 Å². The zero-order valence-electron chi connectivity index (χ0n) is 13.7. The van der Waals surface area contributed by atoms with Crippen molar-refractivity contribution in [1.82, 2.24) is 9.97 Å². The second-order valence-electron chi connectivity index (χ2n) is 6.50. The Kier molecular flexibility index (Phi) is 4.61. The van der Waals surface area contributed by atoms with Crippen molar-refractivity contribution >= 4 is 5.82 Å². The Morgan fingerprint density at radius 3 is 2.48 bits per heavy atom. The van der Waals surface area contributed by atoms with Crippen LogP contribution in [0, 0.1) is 6.92 Å². The molecule has 0 radical (unpaired) electrons. The maximum Gasteiger partial charge on any atom is 0.135 e. The molecule has 112 valence electrons. The van der Waals surface area contributed by atoms with Gasteiger partial charge in [0, 0.05) is 24.4 Å². The van der Waals surface area contributed by atoms with E-state index in [-0.39, 0.29) is 5.41 Å². The smallest absolute Gasteiger partial charge is 0.135 e. The Balaban J connectivity index is 2.35. The van der Waals surface area contributed by atoms with Crippen LogP contribution in [0.5, 0.6) is 0 Å². The van der Waals surface area contributed by atoms with Gasteiger partial charge in [-0.05, 0) is 19.4 Å². The van der Waals surface area contributed by atoms with Crippen LogP contribution in [0.3, 0.4) is 0 Å². The molecule has 0 spiro atoms. The molecule has 1 heterocycles. The predicted molar refractivity (Wildman–Crippen MR) is 88.9 cm³/mol. The van der Waals surface area contributed by atoms with Gasteiger partial charge in [-0.3, -0.25) is 0 Å². The van der Waals surface area contributed by atoms with Gasteiger partial charge in [-0.15, -0.1) is 0 Å². The maximum absolute atomic E-state index is 4.76. The Labute approximate surface area is 127 Å². The third kappa shape index (κ3) is 4.28. The van der Waals surface area contributed by atoms with E-state index < -0.39 is 0 Å². The summed E-state index contributed by atoms with van der Waals surface area (Å²) in [6, 6.07) is 10.6. The van der Waals surface area contributed by atoms with Gasteiger partial charge in [0.05, 0.1) is 5.69 Å². The first-order chi connectivity index (χ1) is 9.88. The molecule has 21 heavy (non-hydrogen) atoms. The average molecular weight is 283 g/mol. The topological polar surface area (TPSA) is 37.8 Å². The molecule has 0 saturated carbocycles. The third-order valence-corrected chi connectivity index (χ3v) is 3.34. The summed E-state index contributed by atoms with van der Waals surface area (Å²) in [7, 11) is 0. The van der Waals surface area contributed by atoms with Crippen molar-refractivity contribution in [3.8, 4) is 0 Å². The minimum atomic E-state index is 0.0223. The summed E-state index contributed by atoms with van der Waals surface area (Å²) in [5.41, 5.74) is 3.63. The molecular weight excluding hydrogens is 258 g/mol. The lowest BCUT2D eigenvalue weighted by molar-refractivity contribution is 0.563. The molecule has 3 nitrogen and oxygen atoms in total. The average Bonchev–Trinajstić information content (AvgIpc) is 2.37. The Bertz CT molecular complexity index is 612. The highest BCUT2D eigenvalue weighted by Gasteiger charge is 2.18. The number of aromatic nitrogens is 2. The molecule has 1 aromatic carbocycles. The zero-order valence-corrected chi connectivity index (χ0v) is 13.7. The van der Waals surface area contributed by atoms with E-state index in [1.807, 2.05) is 0 Å². The van der Waals surface area contributed by atoms with Crippen molar-refractivity contribution in [3.05, 3.63) is 53.0 Å². The molecule has 0 amide bonds. The van der Waals surface area contributed by atoms with Gasteiger partial charge in [0.25, 0.3) is 0 Å². The van der Waals surface area contributed by atoms with Gasteiger partial charge in [0.2, 0.25) is 0 Å². The molecule has 3 heteroatoms. The summed E-state index contributed by atoms with van der Waals surface area (Å²) in [5, 5.41) is 3.31. The number of nitrogens with zero attached hydrogens (tertiary/aromatic N) is 2. The highest BCUT2D eigenvalue weighted by molar-refractivity contribution is 5.38. The summed E-state index contributed by atoms with van der Waals surface area (Å²) in [6.07, 6.45) is 0.768. The van der Waals surface area contributed by atoms with Crippen LogP contribution in [0.1, 0.15) is 50.3 Å². The second-order valence-corrected chi connectivity index (χ2v) is 6.50. The first kappa shape index (κ1) is 15.5. The fourth-order valence-electron chi connectivity index (χ4n) is 2.24. The lowest BCUT2D eigenvalue weighted by atomic mass is 9.91. The molecule has 0 aliphatic heterocycles. The fourth-order valence-corrected chi connectivity index (χ4v) is 2.24. The second kappa shape index (κ2) is 6.25. The van der Waals surface area contributed by atoms with E-state index in [9.17, 15) is 0 Å². The zero-order chi connectivity index (χ0) is 15.5. The molecule has 1 aromatic heterocycles. The fraction of sp³-hybridized carbons (Fsp3) is 0.444. The van der Waals surface area contributed by atoms with Crippen LogP contribution in [0.15, 0.2) is 30.3 Å².